The SMILES string of the molecule is Cc1cc(CCCCCN(C)C)cc(C)c1N1C[C@@H](Cc2ccccc2F)C[C@@H](C)C1=O. The van der Waals surface area contributed by atoms with Crippen LogP contribution in [-0.4, -0.2) is 38.0 Å². The third kappa shape index (κ3) is 6.19. The summed E-state index contributed by atoms with van der Waals surface area (Å²) < 4.78 is 14.2. The van der Waals surface area contributed by atoms with E-state index in [1.807, 2.05) is 24.0 Å². The molecule has 0 aliphatic carbocycles. The number of carbonyl (C=O) groups is 1. The second-order valence-electron chi connectivity index (χ2n) is 9.94. The lowest BCUT2D eigenvalue weighted by atomic mass is 9.84. The van der Waals surface area contributed by atoms with Gasteiger partial charge in [0.05, 0.1) is 0 Å². The summed E-state index contributed by atoms with van der Waals surface area (Å²) in [7, 11) is 4.24. The lowest BCUT2D eigenvalue weighted by molar-refractivity contribution is -0.124. The maximum atomic E-state index is 14.2. The smallest absolute Gasteiger partial charge is 0.229 e. The van der Waals surface area contributed by atoms with Crippen LogP contribution in [0.25, 0.3) is 0 Å². The van der Waals surface area contributed by atoms with Gasteiger partial charge in [-0.25, -0.2) is 4.39 Å². The number of benzene rings is 2. The average molecular weight is 439 g/mol. The van der Waals surface area contributed by atoms with E-state index in [0.717, 1.165) is 30.6 Å². The van der Waals surface area contributed by atoms with Crippen LogP contribution in [0.2, 0.25) is 0 Å². The van der Waals surface area contributed by atoms with Gasteiger partial charge in [-0.1, -0.05) is 43.7 Å². The number of hydrogen-bond acceptors (Lipinski definition) is 2. The largest absolute Gasteiger partial charge is 0.311 e. The molecular formula is C28H39FN2O. The first kappa shape index (κ1) is 24.4. The van der Waals surface area contributed by atoms with Crippen molar-refractivity contribution in [3.05, 3.63) is 64.5 Å². The Kier molecular flexibility index (Phi) is 8.47. The van der Waals surface area contributed by atoms with Gasteiger partial charge in [0.15, 0.2) is 0 Å². The Morgan fingerprint density at radius 1 is 1.06 bits per heavy atom. The van der Waals surface area contributed by atoms with E-state index in [0.29, 0.717) is 13.0 Å². The molecule has 0 bridgehead atoms. The fourth-order valence-electron chi connectivity index (χ4n) is 5.16. The van der Waals surface area contributed by atoms with Crippen molar-refractivity contribution in [2.45, 2.75) is 59.3 Å². The fourth-order valence-corrected chi connectivity index (χ4v) is 5.16. The lowest BCUT2D eigenvalue weighted by Gasteiger charge is -2.38. The van der Waals surface area contributed by atoms with Crippen LogP contribution in [0.3, 0.4) is 0 Å². The molecule has 1 saturated heterocycles. The first-order chi connectivity index (χ1) is 15.3. The summed E-state index contributed by atoms with van der Waals surface area (Å²) in [5, 5.41) is 0. The standard InChI is InChI=1S/C28H39FN2O/c1-20-15-23(11-7-6-10-14-30(4)5)16-21(2)27(20)31-19-24(17-22(3)28(31)32)18-25-12-8-9-13-26(25)29/h8-9,12-13,15-16,22,24H,6-7,10-11,14,17-19H2,1-5H3/t22-,24-/m1/s1. The highest BCUT2D eigenvalue weighted by molar-refractivity contribution is 5.97. The molecule has 0 spiro atoms. The summed E-state index contributed by atoms with van der Waals surface area (Å²) >= 11 is 0. The topological polar surface area (TPSA) is 23.6 Å². The van der Waals surface area contributed by atoms with Gasteiger partial charge in [-0.2, -0.15) is 0 Å². The van der Waals surface area contributed by atoms with Gasteiger partial charge >= 0.3 is 0 Å². The number of rotatable bonds is 9. The molecule has 2 aromatic carbocycles. The average Bonchev–Trinajstić information content (AvgIpc) is 2.72. The van der Waals surface area contributed by atoms with Crippen molar-refractivity contribution < 1.29 is 9.18 Å². The minimum Gasteiger partial charge on any atom is -0.311 e. The molecular weight excluding hydrogens is 399 g/mol. The van der Waals surface area contributed by atoms with Crippen molar-refractivity contribution >= 4 is 11.6 Å². The first-order valence-corrected chi connectivity index (χ1v) is 12.1. The molecule has 0 radical (unpaired) electrons. The molecule has 0 saturated carbocycles. The summed E-state index contributed by atoms with van der Waals surface area (Å²) in [5.74, 6) is 0.258. The van der Waals surface area contributed by atoms with E-state index in [-0.39, 0.29) is 23.6 Å². The van der Waals surface area contributed by atoms with Crippen LogP contribution in [-0.2, 0) is 17.6 Å². The third-order valence-electron chi connectivity index (χ3n) is 6.67. The molecule has 1 aliphatic rings. The highest BCUT2D eigenvalue weighted by atomic mass is 19.1. The number of hydrogen-bond donors (Lipinski definition) is 0. The van der Waals surface area contributed by atoms with Crippen molar-refractivity contribution in [3.8, 4) is 0 Å². The second kappa shape index (κ2) is 11.1. The quantitative estimate of drug-likeness (QED) is 0.452. The van der Waals surface area contributed by atoms with Crippen molar-refractivity contribution in [1.82, 2.24) is 4.90 Å². The summed E-state index contributed by atoms with van der Waals surface area (Å²) in [4.78, 5) is 17.3. The number of aryl methyl sites for hydroxylation is 3. The van der Waals surface area contributed by atoms with Crippen molar-refractivity contribution in [2.75, 3.05) is 32.1 Å². The molecule has 0 unspecified atom stereocenters. The number of unbranched alkanes of at least 4 members (excludes halogenated alkanes) is 2. The van der Waals surface area contributed by atoms with E-state index in [1.54, 1.807) is 6.07 Å². The van der Waals surface area contributed by atoms with Gasteiger partial charge in [0.25, 0.3) is 0 Å². The predicted molar refractivity (Wildman–Crippen MR) is 132 cm³/mol. The second-order valence-corrected chi connectivity index (χ2v) is 9.94. The van der Waals surface area contributed by atoms with E-state index in [2.05, 4.69) is 45.0 Å². The highest BCUT2D eigenvalue weighted by Crippen LogP contribution is 2.34. The van der Waals surface area contributed by atoms with Crippen LogP contribution in [0.5, 0.6) is 0 Å². The first-order valence-electron chi connectivity index (χ1n) is 12.1. The number of halogens is 1. The molecule has 1 amide bonds. The lowest BCUT2D eigenvalue weighted by Crippen LogP contribution is -2.46. The zero-order valence-electron chi connectivity index (χ0n) is 20.5. The monoisotopic (exact) mass is 438 g/mol. The molecule has 3 rings (SSSR count). The van der Waals surface area contributed by atoms with Crippen LogP contribution >= 0.6 is 0 Å². The van der Waals surface area contributed by atoms with Gasteiger partial charge < -0.3 is 9.80 Å². The molecule has 4 heteroatoms. The Hall–Kier alpha value is -2.20. The van der Waals surface area contributed by atoms with Gasteiger partial charge in [-0.3, -0.25) is 4.79 Å². The summed E-state index contributed by atoms with van der Waals surface area (Å²) in [6.45, 7) is 8.05. The summed E-state index contributed by atoms with van der Waals surface area (Å²) in [6.07, 6.45) is 6.22. The fraction of sp³-hybridized carbons (Fsp3) is 0.536. The van der Waals surface area contributed by atoms with E-state index < -0.39 is 0 Å². The zero-order valence-corrected chi connectivity index (χ0v) is 20.5. The maximum absolute atomic E-state index is 14.2. The summed E-state index contributed by atoms with van der Waals surface area (Å²) in [6, 6.07) is 11.5. The van der Waals surface area contributed by atoms with E-state index in [4.69, 9.17) is 0 Å². The molecule has 2 aromatic rings. The van der Waals surface area contributed by atoms with E-state index >= 15 is 0 Å². The van der Waals surface area contributed by atoms with Crippen LogP contribution in [0.4, 0.5) is 10.1 Å². The molecule has 174 valence electrons. The Labute approximate surface area is 193 Å². The van der Waals surface area contributed by atoms with Crippen molar-refractivity contribution in [1.29, 1.82) is 0 Å². The van der Waals surface area contributed by atoms with Gasteiger partial charge in [-0.15, -0.1) is 0 Å². The normalized spacial score (nSPS) is 19.1. The van der Waals surface area contributed by atoms with Crippen molar-refractivity contribution in [3.63, 3.8) is 0 Å². The van der Waals surface area contributed by atoms with Crippen LogP contribution in [0.15, 0.2) is 36.4 Å². The minimum atomic E-state index is -0.147. The van der Waals surface area contributed by atoms with Crippen LogP contribution < -0.4 is 4.90 Å². The Morgan fingerprint density at radius 3 is 2.41 bits per heavy atom. The molecule has 2 atom stereocenters. The van der Waals surface area contributed by atoms with Gasteiger partial charge in [-0.05, 0) is 101 Å². The molecule has 3 nitrogen and oxygen atoms in total. The van der Waals surface area contributed by atoms with E-state index in [9.17, 15) is 9.18 Å². The number of amides is 1. The van der Waals surface area contributed by atoms with Gasteiger partial charge in [0.2, 0.25) is 5.91 Å². The van der Waals surface area contributed by atoms with Gasteiger partial charge in [0.1, 0.15) is 5.82 Å². The minimum absolute atomic E-state index is 0.0457. The number of nitrogens with zero attached hydrogens (tertiary/aromatic N) is 2. The zero-order chi connectivity index (χ0) is 23.3. The predicted octanol–water partition coefficient (Wildman–Crippen LogP) is 5.95. The highest BCUT2D eigenvalue weighted by Gasteiger charge is 2.34. The van der Waals surface area contributed by atoms with Gasteiger partial charge in [0, 0.05) is 18.2 Å². The summed E-state index contributed by atoms with van der Waals surface area (Å²) in [5.41, 5.74) is 5.49. The molecule has 0 N–H and O–H groups in total. The molecule has 1 heterocycles. The molecule has 32 heavy (non-hydrogen) atoms. The van der Waals surface area contributed by atoms with Crippen LogP contribution in [0.1, 0.15) is 54.9 Å². The van der Waals surface area contributed by atoms with Crippen LogP contribution in [0, 0.1) is 31.5 Å². The molecule has 1 aliphatic heterocycles. The maximum Gasteiger partial charge on any atom is 0.229 e. The molecule has 0 aromatic heterocycles. The van der Waals surface area contributed by atoms with Crippen molar-refractivity contribution in [2.24, 2.45) is 11.8 Å². The Bertz CT molecular complexity index is 900. The number of carbonyl (C=O) groups excluding carboxylic acids is 1. The third-order valence-corrected chi connectivity index (χ3v) is 6.67. The Balaban J connectivity index is 1.72. The number of anilines is 1. The molecule has 1 fully saturated rings. The number of piperidine rings is 1. The van der Waals surface area contributed by atoms with E-state index in [1.165, 1.54) is 42.0 Å². The Morgan fingerprint density at radius 2 is 1.75 bits per heavy atom.